The van der Waals surface area contributed by atoms with Gasteiger partial charge in [0.05, 0.1) is 12.6 Å². The van der Waals surface area contributed by atoms with Crippen molar-refractivity contribution in [2.24, 2.45) is 5.92 Å². The first kappa shape index (κ1) is 19.5. The van der Waals surface area contributed by atoms with Crippen molar-refractivity contribution in [3.63, 3.8) is 0 Å². The Balaban J connectivity index is 1.79. The minimum atomic E-state index is -0.253. The number of aliphatic hydroxyl groups excluding tert-OH is 1. The lowest BCUT2D eigenvalue weighted by Gasteiger charge is -2.21. The Labute approximate surface area is 151 Å². The van der Waals surface area contributed by atoms with Crippen LogP contribution < -0.4 is 15.5 Å². The maximum Gasteiger partial charge on any atom is 0.315 e. The number of urea groups is 1. The van der Waals surface area contributed by atoms with Gasteiger partial charge in [-0.25, -0.2) is 9.78 Å². The Morgan fingerprint density at radius 3 is 2.52 bits per heavy atom. The molecule has 1 aromatic heterocycles. The van der Waals surface area contributed by atoms with Crippen molar-refractivity contribution < 1.29 is 9.90 Å². The largest absolute Gasteiger partial charge is 0.394 e. The molecular formula is C19H32N4O2. The molecule has 2 rings (SSSR count). The normalized spacial score (nSPS) is 16.4. The molecule has 6 heteroatoms. The molecule has 0 aromatic carbocycles. The molecule has 1 saturated heterocycles. The van der Waals surface area contributed by atoms with Crippen molar-refractivity contribution in [1.29, 1.82) is 0 Å². The first-order chi connectivity index (χ1) is 12.1. The lowest BCUT2D eigenvalue weighted by molar-refractivity contribution is 0.206. The summed E-state index contributed by atoms with van der Waals surface area (Å²) < 4.78 is 0. The van der Waals surface area contributed by atoms with Gasteiger partial charge in [-0.15, -0.1) is 0 Å². The van der Waals surface area contributed by atoms with E-state index in [0.29, 0.717) is 12.5 Å². The van der Waals surface area contributed by atoms with Crippen molar-refractivity contribution >= 4 is 11.8 Å². The van der Waals surface area contributed by atoms with Gasteiger partial charge in [-0.05, 0) is 36.8 Å². The number of aliphatic hydroxyl groups is 1. The van der Waals surface area contributed by atoms with E-state index < -0.39 is 0 Å². The fraction of sp³-hybridized carbons (Fsp3) is 0.684. The average molecular weight is 348 g/mol. The molecule has 0 saturated carbocycles. The van der Waals surface area contributed by atoms with E-state index in [9.17, 15) is 9.90 Å². The standard InChI is InChI=1S/C19H32N4O2/c1-15(2)11-17(14-24)22-19(25)21-13-16-7-8-18(20-12-16)23-9-5-3-4-6-10-23/h7-8,12,15,17,24H,3-6,9-11,13-14H2,1-2H3,(H2,21,22,25). The van der Waals surface area contributed by atoms with E-state index in [2.05, 4.69) is 34.4 Å². The number of aromatic nitrogens is 1. The number of amides is 2. The third kappa shape index (κ3) is 6.90. The Morgan fingerprint density at radius 1 is 1.24 bits per heavy atom. The summed E-state index contributed by atoms with van der Waals surface area (Å²) in [6.07, 6.45) is 7.66. The van der Waals surface area contributed by atoms with Crippen LogP contribution in [0.15, 0.2) is 18.3 Å². The zero-order valence-electron chi connectivity index (χ0n) is 15.5. The predicted octanol–water partition coefficient (Wildman–Crippen LogP) is 2.67. The molecule has 2 amide bonds. The van der Waals surface area contributed by atoms with E-state index in [0.717, 1.165) is 30.9 Å². The smallest absolute Gasteiger partial charge is 0.315 e. The van der Waals surface area contributed by atoms with Gasteiger partial charge >= 0.3 is 6.03 Å². The Hall–Kier alpha value is -1.82. The molecule has 1 aliphatic rings. The summed E-state index contributed by atoms with van der Waals surface area (Å²) in [5.74, 6) is 1.44. The van der Waals surface area contributed by atoms with Crippen LogP contribution in [0.3, 0.4) is 0 Å². The fourth-order valence-electron chi connectivity index (χ4n) is 3.18. The van der Waals surface area contributed by atoms with Crippen molar-refractivity contribution in [3.8, 4) is 0 Å². The molecule has 1 atom stereocenters. The van der Waals surface area contributed by atoms with Crippen LogP contribution in [0.1, 0.15) is 51.5 Å². The van der Waals surface area contributed by atoms with Crippen LogP contribution in [0.25, 0.3) is 0 Å². The number of nitrogens with one attached hydrogen (secondary N) is 2. The van der Waals surface area contributed by atoms with Crippen LogP contribution >= 0.6 is 0 Å². The van der Waals surface area contributed by atoms with Gasteiger partial charge in [0, 0.05) is 25.8 Å². The summed E-state index contributed by atoms with van der Waals surface area (Å²) in [5.41, 5.74) is 0.970. The lowest BCUT2D eigenvalue weighted by Crippen LogP contribution is -2.44. The molecule has 0 aliphatic carbocycles. The second-order valence-electron chi connectivity index (χ2n) is 7.26. The molecule has 0 radical (unpaired) electrons. The number of rotatable bonds is 7. The third-order valence-electron chi connectivity index (χ3n) is 4.50. The zero-order valence-corrected chi connectivity index (χ0v) is 15.5. The molecule has 0 spiro atoms. The molecule has 0 bridgehead atoms. The van der Waals surface area contributed by atoms with Crippen LogP contribution in [0.2, 0.25) is 0 Å². The van der Waals surface area contributed by atoms with Gasteiger partial charge in [0.25, 0.3) is 0 Å². The van der Waals surface area contributed by atoms with Gasteiger partial charge in [-0.2, -0.15) is 0 Å². The van der Waals surface area contributed by atoms with Gasteiger partial charge in [0.1, 0.15) is 5.82 Å². The van der Waals surface area contributed by atoms with Crippen LogP contribution in [-0.4, -0.2) is 41.9 Å². The van der Waals surface area contributed by atoms with Crippen LogP contribution in [-0.2, 0) is 6.54 Å². The SMILES string of the molecule is CC(C)CC(CO)NC(=O)NCc1ccc(N2CCCCCC2)nc1. The van der Waals surface area contributed by atoms with Crippen molar-refractivity contribution in [3.05, 3.63) is 23.9 Å². The quantitative estimate of drug-likeness (QED) is 0.708. The molecule has 1 aliphatic heterocycles. The molecule has 1 aromatic rings. The van der Waals surface area contributed by atoms with E-state index in [1.165, 1.54) is 25.7 Å². The van der Waals surface area contributed by atoms with Crippen LogP contribution in [0.4, 0.5) is 10.6 Å². The molecular weight excluding hydrogens is 316 g/mol. The summed E-state index contributed by atoms with van der Waals surface area (Å²) in [6.45, 7) is 6.67. The highest BCUT2D eigenvalue weighted by Gasteiger charge is 2.13. The van der Waals surface area contributed by atoms with Gasteiger partial charge in [-0.1, -0.05) is 32.8 Å². The van der Waals surface area contributed by atoms with Crippen LogP contribution in [0, 0.1) is 5.92 Å². The number of hydrogen-bond acceptors (Lipinski definition) is 4. The highest BCUT2D eigenvalue weighted by Crippen LogP contribution is 2.17. The van der Waals surface area contributed by atoms with E-state index in [1.807, 2.05) is 18.3 Å². The van der Waals surface area contributed by atoms with E-state index >= 15 is 0 Å². The second kappa shape index (κ2) is 10.2. The third-order valence-corrected chi connectivity index (χ3v) is 4.50. The van der Waals surface area contributed by atoms with Gasteiger partial charge < -0.3 is 20.6 Å². The Morgan fingerprint density at radius 2 is 1.96 bits per heavy atom. The summed E-state index contributed by atoms with van der Waals surface area (Å²) in [6, 6.07) is 3.60. The first-order valence-electron chi connectivity index (χ1n) is 9.43. The highest BCUT2D eigenvalue weighted by atomic mass is 16.3. The molecule has 3 N–H and O–H groups in total. The molecule has 25 heavy (non-hydrogen) atoms. The van der Waals surface area contributed by atoms with Gasteiger partial charge in [-0.3, -0.25) is 0 Å². The van der Waals surface area contributed by atoms with E-state index in [-0.39, 0.29) is 18.7 Å². The zero-order chi connectivity index (χ0) is 18.1. The highest BCUT2D eigenvalue weighted by molar-refractivity contribution is 5.74. The van der Waals surface area contributed by atoms with Crippen LogP contribution in [0.5, 0.6) is 0 Å². The number of nitrogens with zero attached hydrogens (tertiary/aromatic N) is 2. The van der Waals surface area contributed by atoms with Gasteiger partial charge in [0.15, 0.2) is 0 Å². The molecule has 1 fully saturated rings. The molecule has 6 nitrogen and oxygen atoms in total. The summed E-state index contributed by atoms with van der Waals surface area (Å²) in [4.78, 5) is 18.9. The van der Waals surface area contributed by atoms with Crippen molar-refractivity contribution in [2.75, 3.05) is 24.6 Å². The Bertz CT molecular complexity index is 511. The second-order valence-corrected chi connectivity index (χ2v) is 7.26. The van der Waals surface area contributed by atoms with Crippen molar-refractivity contribution in [2.45, 2.75) is 58.5 Å². The number of carbonyl (C=O) groups is 1. The summed E-state index contributed by atoms with van der Waals surface area (Å²) >= 11 is 0. The minimum Gasteiger partial charge on any atom is -0.394 e. The number of hydrogen-bond donors (Lipinski definition) is 3. The first-order valence-corrected chi connectivity index (χ1v) is 9.43. The maximum absolute atomic E-state index is 12.0. The van der Waals surface area contributed by atoms with E-state index in [1.54, 1.807) is 0 Å². The molecule has 1 unspecified atom stereocenters. The molecule has 140 valence electrons. The monoisotopic (exact) mass is 348 g/mol. The lowest BCUT2D eigenvalue weighted by atomic mass is 10.0. The number of carbonyl (C=O) groups excluding carboxylic acids is 1. The average Bonchev–Trinajstić information content (AvgIpc) is 2.89. The molecule has 2 heterocycles. The van der Waals surface area contributed by atoms with E-state index in [4.69, 9.17) is 0 Å². The van der Waals surface area contributed by atoms with Crippen molar-refractivity contribution in [1.82, 2.24) is 15.6 Å². The topological polar surface area (TPSA) is 77.5 Å². The summed E-state index contributed by atoms with van der Waals surface area (Å²) in [5, 5.41) is 15.0. The predicted molar refractivity (Wildman–Crippen MR) is 101 cm³/mol. The number of anilines is 1. The fourth-order valence-corrected chi connectivity index (χ4v) is 3.18. The maximum atomic E-state index is 12.0. The summed E-state index contributed by atoms with van der Waals surface area (Å²) in [7, 11) is 0. The van der Waals surface area contributed by atoms with Gasteiger partial charge in [0.2, 0.25) is 0 Å². The number of pyridine rings is 1. The Kier molecular flexibility index (Phi) is 7.98. The minimum absolute atomic E-state index is 0.0440.